The van der Waals surface area contributed by atoms with Crippen molar-refractivity contribution in [3.8, 4) is 23.3 Å². The van der Waals surface area contributed by atoms with Crippen LogP contribution in [-0.2, 0) is 0 Å². The summed E-state index contributed by atoms with van der Waals surface area (Å²) in [6.45, 7) is 1.20. The first-order valence-corrected chi connectivity index (χ1v) is 7.76. The van der Waals surface area contributed by atoms with E-state index in [0.29, 0.717) is 5.56 Å². The molecule has 0 aliphatic rings. The van der Waals surface area contributed by atoms with Crippen LogP contribution in [0.4, 0.5) is 13.2 Å². The maximum atomic E-state index is 14.4. The molecule has 3 N–H and O–H groups in total. The Kier molecular flexibility index (Phi) is 4.98. The molecule has 0 amide bonds. The summed E-state index contributed by atoms with van der Waals surface area (Å²) >= 11 is 0. The summed E-state index contributed by atoms with van der Waals surface area (Å²) < 4.78 is 52.6. The maximum Gasteiger partial charge on any atom is 0.259 e. The van der Waals surface area contributed by atoms with Crippen LogP contribution in [0.15, 0.2) is 48.5 Å². The SMILES string of the molecule is Cc1c(F)c(Oc2cccc(F)c2)nc(Oc2cccc(C(=N)N)c2)c1F. The quantitative estimate of drug-likeness (QED) is 0.503. The second kappa shape index (κ2) is 7.36. The van der Waals surface area contributed by atoms with Crippen molar-refractivity contribution in [2.24, 2.45) is 5.73 Å². The average Bonchev–Trinajstić information content (AvgIpc) is 2.64. The molecule has 0 spiro atoms. The van der Waals surface area contributed by atoms with Gasteiger partial charge in [-0.3, -0.25) is 5.41 Å². The molecule has 0 atom stereocenters. The van der Waals surface area contributed by atoms with Crippen LogP contribution in [0.5, 0.6) is 23.3 Å². The highest BCUT2D eigenvalue weighted by atomic mass is 19.1. The number of amidine groups is 1. The van der Waals surface area contributed by atoms with Gasteiger partial charge in [0.2, 0.25) is 0 Å². The van der Waals surface area contributed by atoms with Crippen LogP contribution in [0.25, 0.3) is 0 Å². The van der Waals surface area contributed by atoms with E-state index in [-0.39, 0.29) is 22.9 Å². The number of benzene rings is 2. The lowest BCUT2D eigenvalue weighted by atomic mass is 10.2. The normalized spacial score (nSPS) is 10.5. The van der Waals surface area contributed by atoms with Crippen LogP contribution in [0.3, 0.4) is 0 Å². The number of aromatic nitrogens is 1. The molecule has 0 aliphatic heterocycles. The minimum absolute atomic E-state index is 0.00284. The topological polar surface area (TPSA) is 81.2 Å². The van der Waals surface area contributed by atoms with Gasteiger partial charge in [-0.2, -0.15) is 4.98 Å². The lowest BCUT2D eigenvalue weighted by molar-refractivity contribution is 0.372. The first kappa shape index (κ1) is 18.2. The zero-order chi connectivity index (χ0) is 19.6. The van der Waals surface area contributed by atoms with Gasteiger partial charge in [0.1, 0.15) is 23.2 Å². The van der Waals surface area contributed by atoms with Crippen LogP contribution in [0, 0.1) is 29.8 Å². The molecular formula is C19H14F3N3O2. The number of ether oxygens (including phenoxy) is 2. The molecule has 2 aromatic carbocycles. The minimum Gasteiger partial charge on any atom is -0.436 e. The van der Waals surface area contributed by atoms with E-state index in [4.69, 9.17) is 20.6 Å². The van der Waals surface area contributed by atoms with Gasteiger partial charge in [0.05, 0.1) is 0 Å². The molecular weight excluding hydrogens is 359 g/mol. The van der Waals surface area contributed by atoms with Gasteiger partial charge in [0.15, 0.2) is 11.6 Å². The average molecular weight is 373 g/mol. The number of nitrogens with two attached hydrogens (primary N) is 1. The van der Waals surface area contributed by atoms with Crippen molar-refractivity contribution in [1.29, 1.82) is 5.41 Å². The molecule has 27 heavy (non-hydrogen) atoms. The summed E-state index contributed by atoms with van der Waals surface area (Å²) in [5.74, 6) is -3.75. The fourth-order valence-electron chi connectivity index (χ4n) is 2.22. The van der Waals surface area contributed by atoms with Crippen LogP contribution >= 0.6 is 0 Å². The number of nitrogens with zero attached hydrogens (tertiary/aromatic N) is 1. The third-order valence-corrected chi connectivity index (χ3v) is 3.61. The van der Waals surface area contributed by atoms with Crippen molar-refractivity contribution in [2.45, 2.75) is 6.92 Å². The molecule has 3 aromatic rings. The highest BCUT2D eigenvalue weighted by Gasteiger charge is 2.21. The number of hydrogen-bond donors (Lipinski definition) is 2. The van der Waals surface area contributed by atoms with E-state index >= 15 is 0 Å². The van der Waals surface area contributed by atoms with E-state index in [1.54, 1.807) is 12.1 Å². The van der Waals surface area contributed by atoms with Gasteiger partial charge in [-0.25, -0.2) is 13.2 Å². The van der Waals surface area contributed by atoms with Crippen molar-refractivity contribution in [3.63, 3.8) is 0 Å². The second-order valence-corrected chi connectivity index (χ2v) is 5.58. The number of rotatable bonds is 5. The molecule has 1 heterocycles. The molecule has 3 rings (SSSR count). The molecule has 5 nitrogen and oxygen atoms in total. The Morgan fingerprint density at radius 3 is 2.04 bits per heavy atom. The number of nitrogen functional groups attached to an aromatic ring is 1. The molecule has 0 aliphatic carbocycles. The molecule has 0 bridgehead atoms. The molecule has 0 saturated carbocycles. The van der Waals surface area contributed by atoms with Gasteiger partial charge in [-0.15, -0.1) is 0 Å². The largest absolute Gasteiger partial charge is 0.436 e. The maximum absolute atomic E-state index is 14.4. The molecule has 1 aromatic heterocycles. The summed E-state index contributed by atoms with van der Waals surface area (Å²) in [7, 11) is 0. The Bertz CT molecular complexity index is 1030. The zero-order valence-electron chi connectivity index (χ0n) is 14.1. The Balaban J connectivity index is 1.97. The Labute approximate surface area is 152 Å². The van der Waals surface area contributed by atoms with Crippen molar-refractivity contribution in [1.82, 2.24) is 4.98 Å². The van der Waals surface area contributed by atoms with Crippen molar-refractivity contribution in [2.75, 3.05) is 0 Å². The van der Waals surface area contributed by atoms with E-state index < -0.39 is 29.2 Å². The monoisotopic (exact) mass is 373 g/mol. The molecule has 0 fully saturated rings. The zero-order valence-corrected chi connectivity index (χ0v) is 14.1. The van der Waals surface area contributed by atoms with Crippen LogP contribution < -0.4 is 15.2 Å². The summed E-state index contributed by atoms with van der Waals surface area (Å²) in [5, 5.41) is 7.43. The predicted octanol–water partition coefficient (Wildman–Crippen LogP) is 4.68. The number of halogens is 3. The number of nitrogens with one attached hydrogen (secondary N) is 1. The van der Waals surface area contributed by atoms with Gasteiger partial charge < -0.3 is 15.2 Å². The van der Waals surface area contributed by atoms with E-state index in [9.17, 15) is 13.2 Å². The smallest absolute Gasteiger partial charge is 0.259 e. The third kappa shape index (κ3) is 4.00. The standard InChI is InChI=1S/C19H14F3N3O2/c1-10-15(21)18(26-13-6-2-4-11(8-13)17(23)24)25-19(16(10)22)27-14-7-3-5-12(20)9-14/h2-9H,1H3,(H3,23,24). The Morgan fingerprint density at radius 2 is 1.48 bits per heavy atom. The molecule has 0 radical (unpaired) electrons. The van der Waals surface area contributed by atoms with E-state index in [1.165, 1.54) is 37.3 Å². The summed E-state index contributed by atoms with van der Waals surface area (Å²) in [6.07, 6.45) is 0. The Hall–Kier alpha value is -3.55. The molecule has 8 heteroatoms. The lowest BCUT2D eigenvalue weighted by Crippen LogP contribution is -2.10. The second-order valence-electron chi connectivity index (χ2n) is 5.58. The lowest BCUT2D eigenvalue weighted by Gasteiger charge is -2.12. The molecule has 138 valence electrons. The van der Waals surface area contributed by atoms with Gasteiger partial charge in [0.25, 0.3) is 11.8 Å². The number of pyridine rings is 1. The Morgan fingerprint density at radius 1 is 0.926 bits per heavy atom. The summed E-state index contributed by atoms with van der Waals surface area (Å²) in [5.41, 5.74) is 5.41. The van der Waals surface area contributed by atoms with Crippen molar-refractivity contribution < 1.29 is 22.6 Å². The van der Waals surface area contributed by atoms with E-state index in [0.717, 1.165) is 6.07 Å². The van der Waals surface area contributed by atoms with E-state index in [2.05, 4.69) is 4.98 Å². The van der Waals surface area contributed by atoms with Gasteiger partial charge in [0, 0.05) is 17.2 Å². The predicted molar refractivity (Wildman–Crippen MR) is 92.9 cm³/mol. The minimum atomic E-state index is -1.03. The summed E-state index contributed by atoms with van der Waals surface area (Å²) in [4.78, 5) is 3.73. The van der Waals surface area contributed by atoms with Gasteiger partial charge in [-0.1, -0.05) is 18.2 Å². The van der Waals surface area contributed by atoms with Crippen LogP contribution in [-0.4, -0.2) is 10.8 Å². The molecule has 0 saturated heterocycles. The van der Waals surface area contributed by atoms with Crippen LogP contribution in [0.2, 0.25) is 0 Å². The van der Waals surface area contributed by atoms with Crippen LogP contribution in [0.1, 0.15) is 11.1 Å². The van der Waals surface area contributed by atoms with Crippen molar-refractivity contribution >= 4 is 5.84 Å². The highest BCUT2D eigenvalue weighted by Crippen LogP contribution is 2.32. The highest BCUT2D eigenvalue weighted by molar-refractivity contribution is 5.95. The first-order valence-electron chi connectivity index (χ1n) is 7.76. The fraction of sp³-hybridized carbons (Fsp3) is 0.0526. The van der Waals surface area contributed by atoms with Gasteiger partial charge >= 0.3 is 0 Å². The third-order valence-electron chi connectivity index (χ3n) is 3.61. The van der Waals surface area contributed by atoms with E-state index in [1.807, 2.05) is 0 Å². The first-order chi connectivity index (χ1) is 12.8. The fourth-order valence-corrected chi connectivity index (χ4v) is 2.22. The molecule has 0 unspecified atom stereocenters. The number of hydrogen-bond acceptors (Lipinski definition) is 4. The summed E-state index contributed by atoms with van der Waals surface area (Å²) in [6, 6.07) is 11.1. The van der Waals surface area contributed by atoms with Gasteiger partial charge in [-0.05, 0) is 31.2 Å². The van der Waals surface area contributed by atoms with Crippen molar-refractivity contribution in [3.05, 3.63) is 77.1 Å².